The lowest BCUT2D eigenvalue weighted by Gasteiger charge is -2.19. The van der Waals surface area contributed by atoms with Crippen LogP contribution in [0.2, 0.25) is 0 Å². The predicted octanol–water partition coefficient (Wildman–Crippen LogP) is 3.17. The van der Waals surface area contributed by atoms with E-state index in [4.69, 9.17) is 0 Å². The van der Waals surface area contributed by atoms with Gasteiger partial charge in [0, 0.05) is 37.9 Å². The minimum Gasteiger partial charge on any atom is -0.383 e. The summed E-state index contributed by atoms with van der Waals surface area (Å²) >= 11 is 0. The molecule has 0 fully saturated rings. The van der Waals surface area contributed by atoms with Gasteiger partial charge in [0.2, 0.25) is 0 Å². The normalized spacial score (nSPS) is 20.3. The van der Waals surface area contributed by atoms with Crippen molar-refractivity contribution >= 4 is 17.1 Å². The van der Waals surface area contributed by atoms with Crippen molar-refractivity contribution in [3.63, 3.8) is 0 Å². The van der Waals surface area contributed by atoms with Gasteiger partial charge in [0.25, 0.3) is 0 Å². The molecule has 0 amide bonds. The summed E-state index contributed by atoms with van der Waals surface area (Å²) in [5.41, 5.74) is 6.34. The summed E-state index contributed by atoms with van der Waals surface area (Å²) < 4.78 is 0. The zero-order chi connectivity index (χ0) is 14.8. The molecule has 0 bridgehead atoms. The predicted molar refractivity (Wildman–Crippen MR) is 92.6 cm³/mol. The van der Waals surface area contributed by atoms with E-state index in [2.05, 4.69) is 63.7 Å². The lowest BCUT2D eigenvalue weighted by molar-refractivity contribution is 0.566. The third-order valence-electron chi connectivity index (χ3n) is 4.48. The highest BCUT2D eigenvalue weighted by atomic mass is 15.0. The highest BCUT2D eigenvalue weighted by Gasteiger charge is 2.18. The first kappa shape index (κ1) is 13.5. The summed E-state index contributed by atoms with van der Waals surface area (Å²) in [7, 11) is 0. The van der Waals surface area contributed by atoms with Gasteiger partial charge in [-0.1, -0.05) is 24.3 Å². The molecule has 114 valence electrons. The Labute approximate surface area is 131 Å². The van der Waals surface area contributed by atoms with Crippen LogP contribution in [0.3, 0.4) is 0 Å². The minimum atomic E-state index is 0.322. The van der Waals surface area contributed by atoms with Crippen molar-refractivity contribution in [1.29, 1.82) is 0 Å². The van der Waals surface area contributed by atoms with E-state index in [9.17, 15) is 0 Å². The second kappa shape index (κ2) is 5.89. The van der Waals surface area contributed by atoms with Crippen molar-refractivity contribution in [3.05, 3.63) is 53.6 Å². The molecule has 4 heteroatoms. The third kappa shape index (κ3) is 2.62. The molecule has 1 atom stereocenters. The van der Waals surface area contributed by atoms with Crippen molar-refractivity contribution < 1.29 is 0 Å². The Hall–Kier alpha value is -2.20. The zero-order valence-electron chi connectivity index (χ0n) is 12.7. The van der Waals surface area contributed by atoms with Crippen LogP contribution in [0.4, 0.5) is 17.1 Å². The van der Waals surface area contributed by atoms with Crippen LogP contribution < -0.4 is 21.3 Å². The van der Waals surface area contributed by atoms with Crippen LogP contribution in [0.15, 0.2) is 42.5 Å². The van der Waals surface area contributed by atoms with Gasteiger partial charge in [-0.2, -0.15) is 0 Å². The van der Waals surface area contributed by atoms with E-state index >= 15 is 0 Å². The van der Waals surface area contributed by atoms with Crippen molar-refractivity contribution in [2.24, 2.45) is 0 Å². The van der Waals surface area contributed by atoms with Gasteiger partial charge in [0.15, 0.2) is 0 Å². The third-order valence-corrected chi connectivity index (χ3v) is 4.48. The van der Waals surface area contributed by atoms with Crippen LogP contribution in [-0.2, 0) is 6.54 Å². The van der Waals surface area contributed by atoms with Crippen LogP contribution in [0.1, 0.15) is 23.6 Å². The SMILES string of the molecule is c1ccc2c(c1)CNC(c1ccc3c(c1)NCCCN3)CN2. The molecule has 4 nitrogen and oxygen atoms in total. The summed E-state index contributed by atoms with van der Waals surface area (Å²) in [6.07, 6.45) is 1.16. The molecule has 22 heavy (non-hydrogen) atoms. The molecule has 2 aromatic rings. The molecule has 4 N–H and O–H groups in total. The molecule has 0 spiro atoms. The largest absolute Gasteiger partial charge is 0.383 e. The van der Waals surface area contributed by atoms with Gasteiger partial charge in [-0.25, -0.2) is 0 Å². The van der Waals surface area contributed by atoms with E-state index in [0.717, 1.165) is 32.6 Å². The number of hydrogen-bond donors (Lipinski definition) is 4. The summed E-state index contributed by atoms with van der Waals surface area (Å²) in [4.78, 5) is 0. The highest BCUT2D eigenvalue weighted by molar-refractivity contribution is 5.70. The fourth-order valence-corrected chi connectivity index (χ4v) is 3.21. The number of rotatable bonds is 1. The lowest BCUT2D eigenvalue weighted by atomic mass is 10.0. The first-order chi connectivity index (χ1) is 10.9. The van der Waals surface area contributed by atoms with Crippen LogP contribution in [0.25, 0.3) is 0 Å². The van der Waals surface area contributed by atoms with E-state index in [-0.39, 0.29) is 0 Å². The molecule has 0 saturated carbocycles. The molecule has 0 aliphatic carbocycles. The first-order valence-corrected chi connectivity index (χ1v) is 8.07. The number of nitrogens with one attached hydrogen (secondary N) is 4. The second-order valence-electron chi connectivity index (χ2n) is 5.98. The number of anilines is 3. The molecule has 2 heterocycles. The molecule has 0 saturated heterocycles. The number of para-hydroxylation sites is 1. The fourth-order valence-electron chi connectivity index (χ4n) is 3.21. The Kier molecular flexibility index (Phi) is 3.60. The summed E-state index contributed by atoms with van der Waals surface area (Å²) in [5, 5.41) is 14.2. The lowest BCUT2D eigenvalue weighted by Crippen LogP contribution is -2.24. The van der Waals surface area contributed by atoms with Crippen LogP contribution >= 0.6 is 0 Å². The van der Waals surface area contributed by atoms with E-state index in [1.807, 2.05) is 0 Å². The Morgan fingerprint density at radius 3 is 2.64 bits per heavy atom. The van der Waals surface area contributed by atoms with Gasteiger partial charge in [-0.05, 0) is 35.7 Å². The quantitative estimate of drug-likeness (QED) is 0.652. The van der Waals surface area contributed by atoms with Gasteiger partial charge in [0.1, 0.15) is 0 Å². The molecule has 0 aromatic heterocycles. The standard InChI is InChI=1S/C18H22N4/c1-2-5-15-14(4-1)11-21-18(12-22-15)13-6-7-16-17(10-13)20-9-3-8-19-16/h1-2,4-7,10,18-22H,3,8-9,11-12H2. The Morgan fingerprint density at radius 2 is 1.68 bits per heavy atom. The fraction of sp³-hybridized carbons (Fsp3) is 0.333. The van der Waals surface area contributed by atoms with Gasteiger partial charge >= 0.3 is 0 Å². The number of hydrogen-bond acceptors (Lipinski definition) is 4. The monoisotopic (exact) mass is 294 g/mol. The molecule has 2 aromatic carbocycles. The molecular formula is C18H22N4. The Morgan fingerprint density at radius 1 is 0.818 bits per heavy atom. The van der Waals surface area contributed by atoms with Gasteiger partial charge < -0.3 is 21.3 Å². The second-order valence-corrected chi connectivity index (χ2v) is 5.98. The molecule has 4 rings (SSSR count). The van der Waals surface area contributed by atoms with Gasteiger partial charge in [0.05, 0.1) is 11.4 Å². The topological polar surface area (TPSA) is 48.1 Å². The average Bonchev–Trinajstić information content (AvgIpc) is 2.92. The molecule has 0 radical (unpaired) electrons. The molecule has 1 unspecified atom stereocenters. The highest BCUT2D eigenvalue weighted by Crippen LogP contribution is 2.29. The summed E-state index contributed by atoms with van der Waals surface area (Å²) in [5.74, 6) is 0. The smallest absolute Gasteiger partial charge is 0.0579 e. The molecular weight excluding hydrogens is 272 g/mol. The van der Waals surface area contributed by atoms with E-state index in [0.29, 0.717) is 6.04 Å². The average molecular weight is 294 g/mol. The van der Waals surface area contributed by atoms with E-state index in [1.165, 1.54) is 28.2 Å². The van der Waals surface area contributed by atoms with Crippen LogP contribution in [-0.4, -0.2) is 19.6 Å². The Balaban J connectivity index is 1.57. The van der Waals surface area contributed by atoms with E-state index < -0.39 is 0 Å². The van der Waals surface area contributed by atoms with Gasteiger partial charge in [-0.3, -0.25) is 0 Å². The molecule has 2 aliphatic rings. The van der Waals surface area contributed by atoms with Crippen molar-refractivity contribution in [3.8, 4) is 0 Å². The van der Waals surface area contributed by atoms with Crippen molar-refractivity contribution in [1.82, 2.24) is 5.32 Å². The first-order valence-electron chi connectivity index (χ1n) is 8.07. The maximum absolute atomic E-state index is 3.67. The zero-order valence-corrected chi connectivity index (χ0v) is 12.7. The minimum absolute atomic E-state index is 0.322. The maximum Gasteiger partial charge on any atom is 0.0579 e. The molecule has 2 aliphatic heterocycles. The van der Waals surface area contributed by atoms with Gasteiger partial charge in [-0.15, -0.1) is 0 Å². The summed E-state index contributed by atoms with van der Waals surface area (Å²) in [6, 6.07) is 15.6. The number of benzene rings is 2. The van der Waals surface area contributed by atoms with E-state index in [1.54, 1.807) is 0 Å². The van der Waals surface area contributed by atoms with Crippen LogP contribution in [0, 0.1) is 0 Å². The Bertz CT molecular complexity index is 641. The number of fused-ring (bicyclic) bond motifs is 2. The van der Waals surface area contributed by atoms with Crippen molar-refractivity contribution in [2.45, 2.75) is 19.0 Å². The summed E-state index contributed by atoms with van der Waals surface area (Å²) in [6.45, 7) is 3.88. The maximum atomic E-state index is 3.67. The van der Waals surface area contributed by atoms with Crippen LogP contribution in [0.5, 0.6) is 0 Å². The van der Waals surface area contributed by atoms with Crippen molar-refractivity contribution in [2.75, 3.05) is 35.6 Å².